The molecule has 0 fully saturated rings. The maximum atomic E-state index is 5.80. The second kappa shape index (κ2) is 2.71. The van der Waals surface area contributed by atoms with Crippen LogP contribution in [0.1, 0.15) is 17.7 Å². The second-order valence-electron chi connectivity index (χ2n) is 3.20. The van der Waals surface area contributed by atoms with Crippen LogP contribution in [0.15, 0.2) is 6.20 Å². The van der Waals surface area contributed by atoms with Crippen molar-refractivity contribution >= 4 is 5.95 Å². The number of fused-ring (bicyclic) bond motifs is 1. The minimum Gasteiger partial charge on any atom is -0.368 e. The molecule has 1 aromatic heterocycles. The molecule has 1 heterocycles. The summed E-state index contributed by atoms with van der Waals surface area (Å²) < 4.78 is 0. The van der Waals surface area contributed by atoms with E-state index < -0.39 is 0 Å². The van der Waals surface area contributed by atoms with E-state index in [1.165, 1.54) is 0 Å². The van der Waals surface area contributed by atoms with E-state index in [9.17, 15) is 0 Å². The fourth-order valence-electron chi connectivity index (χ4n) is 1.55. The molecule has 0 bridgehead atoms. The molecule has 64 valence electrons. The van der Waals surface area contributed by atoms with Crippen molar-refractivity contribution in [1.82, 2.24) is 9.97 Å². The van der Waals surface area contributed by atoms with Gasteiger partial charge in [-0.2, -0.15) is 0 Å². The zero-order valence-corrected chi connectivity index (χ0v) is 6.83. The smallest absolute Gasteiger partial charge is 0.220 e. The lowest BCUT2D eigenvalue weighted by Gasteiger charge is -2.19. The molecule has 1 aromatic rings. The number of nitrogens with two attached hydrogens (primary N) is 2. The van der Waals surface area contributed by atoms with Gasteiger partial charge in [-0.1, -0.05) is 0 Å². The highest BCUT2D eigenvalue weighted by molar-refractivity contribution is 5.27. The van der Waals surface area contributed by atoms with Crippen LogP contribution in [0.25, 0.3) is 0 Å². The molecule has 0 amide bonds. The molecule has 4 N–H and O–H groups in total. The van der Waals surface area contributed by atoms with Crippen LogP contribution in [0.3, 0.4) is 0 Å². The molecule has 0 saturated carbocycles. The molecule has 4 nitrogen and oxygen atoms in total. The summed E-state index contributed by atoms with van der Waals surface area (Å²) in [5.74, 6) is 0.365. The van der Waals surface area contributed by atoms with E-state index in [0.29, 0.717) is 5.95 Å². The van der Waals surface area contributed by atoms with Gasteiger partial charge in [-0.3, -0.25) is 0 Å². The van der Waals surface area contributed by atoms with E-state index in [1.54, 1.807) is 6.20 Å². The molecule has 1 aliphatic rings. The van der Waals surface area contributed by atoms with Gasteiger partial charge in [-0.25, -0.2) is 9.97 Å². The highest BCUT2D eigenvalue weighted by atomic mass is 15.0. The first-order valence-electron chi connectivity index (χ1n) is 4.11. The Balaban J connectivity index is 2.37. The minimum atomic E-state index is 0.268. The first-order chi connectivity index (χ1) is 5.75. The van der Waals surface area contributed by atoms with E-state index in [2.05, 4.69) is 9.97 Å². The largest absolute Gasteiger partial charge is 0.368 e. The number of hydrogen-bond donors (Lipinski definition) is 2. The third kappa shape index (κ3) is 1.25. The number of aromatic nitrogens is 2. The van der Waals surface area contributed by atoms with Gasteiger partial charge in [0.05, 0.1) is 0 Å². The zero-order chi connectivity index (χ0) is 8.55. The fraction of sp³-hybridized carbons (Fsp3) is 0.500. The first-order valence-corrected chi connectivity index (χ1v) is 4.11. The summed E-state index contributed by atoms with van der Waals surface area (Å²) in [5, 5.41) is 0. The van der Waals surface area contributed by atoms with Gasteiger partial charge in [0.25, 0.3) is 0 Å². The molecule has 2 rings (SSSR count). The third-order valence-corrected chi connectivity index (χ3v) is 2.21. The fourth-order valence-corrected chi connectivity index (χ4v) is 1.55. The number of nitrogens with zero attached hydrogens (tertiary/aromatic N) is 2. The average Bonchev–Trinajstić information content (AvgIpc) is 2.05. The van der Waals surface area contributed by atoms with E-state index >= 15 is 0 Å². The quantitative estimate of drug-likeness (QED) is 0.560. The van der Waals surface area contributed by atoms with Crippen LogP contribution in [0.4, 0.5) is 5.95 Å². The molecule has 0 aromatic carbocycles. The van der Waals surface area contributed by atoms with Crippen molar-refractivity contribution in [1.29, 1.82) is 0 Å². The van der Waals surface area contributed by atoms with Gasteiger partial charge in [0, 0.05) is 17.9 Å². The van der Waals surface area contributed by atoms with Crippen molar-refractivity contribution in [2.45, 2.75) is 25.3 Å². The topological polar surface area (TPSA) is 77.8 Å². The van der Waals surface area contributed by atoms with Gasteiger partial charge >= 0.3 is 0 Å². The lowest BCUT2D eigenvalue weighted by molar-refractivity contribution is 0.564. The van der Waals surface area contributed by atoms with E-state index in [4.69, 9.17) is 11.5 Å². The van der Waals surface area contributed by atoms with Crippen molar-refractivity contribution in [3.63, 3.8) is 0 Å². The van der Waals surface area contributed by atoms with Crippen LogP contribution in [0, 0.1) is 0 Å². The number of anilines is 1. The summed E-state index contributed by atoms with van der Waals surface area (Å²) in [5.41, 5.74) is 13.5. The summed E-state index contributed by atoms with van der Waals surface area (Å²) in [6.07, 6.45) is 4.61. The van der Waals surface area contributed by atoms with Gasteiger partial charge in [0.2, 0.25) is 5.95 Å². The average molecular weight is 164 g/mol. The molecule has 0 radical (unpaired) electrons. The molecule has 12 heavy (non-hydrogen) atoms. The van der Waals surface area contributed by atoms with Crippen molar-refractivity contribution in [3.05, 3.63) is 17.5 Å². The van der Waals surface area contributed by atoms with E-state index in [-0.39, 0.29) is 6.04 Å². The monoisotopic (exact) mass is 164 g/mol. The molecule has 0 spiro atoms. The van der Waals surface area contributed by atoms with Gasteiger partial charge in [0.15, 0.2) is 0 Å². The highest BCUT2D eigenvalue weighted by Crippen LogP contribution is 2.17. The summed E-state index contributed by atoms with van der Waals surface area (Å²) in [6.45, 7) is 0. The van der Waals surface area contributed by atoms with Crippen LogP contribution in [-0.2, 0) is 12.8 Å². The van der Waals surface area contributed by atoms with Gasteiger partial charge in [-0.05, 0) is 24.8 Å². The summed E-state index contributed by atoms with van der Waals surface area (Å²) in [4.78, 5) is 8.10. The van der Waals surface area contributed by atoms with Crippen LogP contribution in [0.5, 0.6) is 0 Å². The van der Waals surface area contributed by atoms with Gasteiger partial charge in [0.1, 0.15) is 0 Å². The standard InChI is InChI=1S/C8H12N4/c9-6-1-2-7-5(3-6)4-11-8(10)12-7/h4,6H,1-3,9H2,(H2,10,11,12)/t6-/m0/s1. The van der Waals surface area contributed by atoms with Crippen LogP contribution in [-0.4, -0.2) is 16.0 Å². The Morgan fingerprint density at radius 1 is 1.50 bits per heavy atom. The van der Waals surface area contributed by atoms with Crippen LogP contribution in [0.2, 0.25) is 0 Å². The predicted octanol–water partition coefficient (Wildman–Crippen LogP) is -0.125. The Kier molecular flexibility index (Phi) is 1.69. The highest BCUT2D eigenvalue weighted by Gasteiger charge is 2.16. The molecule has 0 aliphatic heterocycles. The molecule has 1 atom stereocenters. The van der Waals surface area contributed by atoms with Crippen molar-refractivity contribution in [3.8, 4) is 0 Å². The number of nitrogen functional groups attached to an aromatic ring is 1. The molecule has 4 heteroatoms. The van der Waals surface area contributed by atoms with Crippen molar-refractivity contribution in [2.75, 3.05) is 5.73 Å². The second-order valence-corrected chi connectivity index (χ2v) is 3.20. The van der Waals surface area contributed by atoms with Gasteiger partial charge in [-0.15, -0.1) is 0 Å². The third-order valence-electron chi connectivity index (χ3n) is 2.21. The normalized spacial score (nSPS) is 21.9. The summed E-state index contributed by atoms with van der Waals surface area (Å²) in [6, 6.07) is 0.268. The van der Waals surface area contributed by atoms with E-state index in [1.807, 2.05) is 0 Å². The number of aryl methyl sites for hydroxylation is 1. The molecular weight excluding hydrogens is 152 g/mol. The van der Waals surface area contributed by atoms with Crippen molar-refractivity contribution in [2.24, 2.45) is 5.73 Å². The van der Waals surface area contributed by atoms with E-state index in [0.717, 1.165) is 30.5 Å². The Bertz CT molecular complexity index is 297. The molecule has 0 unspecified atom stereocenters. The number of hydrogen-bond acceptors (Lipinski definition) is 4. The Hall–Kier alpha value is -1.16. The lowest BCUT2D eigenvalue weighted by atomic mass is 9.94. The molecule has 0 saturated heterocycles. The van der Waals surface area contributed by atoms with Gasteiger partial charge < -0.3 is 11.5 Å². The Morgan fingerprint density at radius 3 is 3.17 bits per heavy atom. The SMILES string of the molecule is Nc1ncc2c(n1)CC[C@H](N)C2. The zero-order valence-electron chi connectivity index (χ0n) is 6.83. The molecular formula is C8H12N4. The molecule has 1 aliphatic carbocycles. The van der Waals surface area contributed by atoms with Crippen LogP contribution >= 0.6 is 0 Å². The van der Waals surface area contributed by atoms with Crippen molar-refractivity contribution < 1.29 is 0 Å². The predicted molar refractivity (Wildman–Crippen MR) is 46.4 cm³/mol. The lowest BCUT2D eigenvalue weighted by Crippen LogP contribution is -2.28. The summed E-state index contributed by atoms with van der Waals surface area (Å²) in [7, 11) is 0. The first kappa shape index (κ1) is 7.49. The Morgan fingerprint density at radius 2 is 2.33 bits per heavy atom. The maximum absolute atomic E-state index is 5.80. The maximum Gasteiger partial charge on any atom is 0.220 e. The summed E-state index contributed by atoms with van der Waals surface area (Å²) >= 11 is 0. The Labute approximate surface area is 71.0 Å². The minimum absolute atomic E-state index is 0.268. The number of rotatable bonds is 0. The van der Waals surface area contributed by atoms with Crippen LogP contribution < -0.4 is 11.5 Å².